The van der Waals surface area contributed by atoms with Crippen molar-refractivity contribution in [3.63, 3.8) is 0 Å². The van der Waals surface area contributed by atoms with Crippen LogP contribution in [0.4, 0.5) is 0 Å². The van der Waals surface area contributed by atoms with Crippen molar-refractivity contribution < 1.29 is 8.42 Å². The molecular weight excluding hydrogens is 385 g/mol. The number of hydrogen-bond acceptors (Lipinski definition) is 2. The molecule has 0 aliphatic rings. The molecule has 0 aromatic heterocycles. The maximum atomic E-state index is 12.7. The van der Waals surface area contributed by atoms with Gasteiger partial charge in [-0.3, -0.25) is 0 Å². The molecule has 0 radical (unpaired) electrons. The fourth-order valence-electron chi connectivity index (χ4n) is 1.65. The Kier molecular flexibility index (Phi) is 6.68. The van der Waals surface area contributed by atoms with Crippen LogP contribution in [0.3, 0.4) is 0 Å². The molecule has 0 saturated carbocycles. The lowest BCUT2D eigenvalue weighted by atomic mass is 10.1. The van der Waals surface area contributed by atoms with Crippen LogP contribution in [0, 0.1) is 12.8 Å². The second-order valence-corrected chi connectivity index (χ2v) is 8.17. The quantitative estimate of drug-likeness (QED) is 0.393. The molecule has 112 valence electrons. The van der Waals surface area contributed by atoms with Gasteiger partial charge in [-0.05, 0) is 25.0 Å². The van der Waals surface area contributed by atoms with Crippen molar-refractivity contribution in [1.82, 2.24) is 4.31 Å². The molecule has 0 amide bonds. The summed E-state index contributed by atoms with van der Waals surface area (Å²) >= 11 is 2.20. The molecular formula is C15H22INO2S. The van der Waals surface area contributed by atoms with Gasteiger partial charge in [-0.2, -0.15) is 4.31 Å². The molecule has 3 nitrogen and oxygen atoms in total. The van der Waals surface area contributed by atoms with E-state index >= 15 is 0 Å². The van der Waals surface area contributed by atoms with Gasteiger partial charge in [0.25, 0.3) is 0 Å². The van der Waals surface area contributed by atoms with Crippen LogP contribution >= 0.6 is 22.6 Å². The number of halogens is 1. The van der Waals surface area contributed by atoms with E-state index in [9.17, 15) is 8.42 Å². The summed E-state index contributed by atoms with van der Waals surface area (Å²) in [7, 11) is -3.44. The minimum absolute atomic E-state index is 0.278. The molecule has 0 bridgehead atoms. The van der Waals surface area contributed by atoms with Crippen molar-refractivity contribution in [3.05, 3.63) is 42.0 Å². The van der Waals surface area contributed by atoms with Crippen LogP contribution in [0.2, 0.25) is 0 Å². The zero-order valence-electron chi connectivity index (χ0n) is 12.3. The van der Waals surface area contributed by atoms with Crippen LogP contribution in [-0.4, -0.2) is 30.2 Å². The Morgan fingerprint density at radius 1 is 1.30 bits per heavy atom. The second-order valence-electron chi connectivity index (χ2n) is 5.15. The first-order chi connectivity index (χ1) is 9.28. The van der Waals surface area contributed by atoms with Gasteiger partial charge in [0, 0.05) is 17.5 Å². The van der Waals surface area contributed by atoms with Gasteiger partial charge in [-0.1, -0.05) is 66.3 Å². The molecule has 1 rings (SSSR count). The molecule has 0 atom stereocenters. The molecule has 0 heterocycles. The summed E-state index contributed by atoms with van der Waals surface area (Å²) in [5, 5.41) is 0. The van der Waals surface area contributed by atoms with Gasteiger partial charge in [0.05, 0.1) is 4.90 Å². The van der Waals surface area contributed by atoms with E-state index in [4.69, 9.17) is 0 Å². The van der Waals surface area contributed by atoms with Gasteiger partial charge in [0.1, 0.15) is 0 Å². The fourth-order valence-corrected chi connectivity index (χ4v) is 4.00. The molecule has 0 aliphatic carbocycles. The molecule has 0 spiro atoms. The Morgan fingerprint density at radius 2 is 1.85 bits per heavy atom. The fraction of sp³-hybridized carbons (Fsp3) is 0.467. The maximum Gasteiger partial charge on any atom is 0.243 e. The molecule has 1 aromatic rings. The van der Waals surface area contributed by atoms with Crippen molar-refractivity contribution >= 4 is 32.6 Å². The molecule has 0 N–H and O–H groups in total. The lowest BCUT2D eigenvalue weighted by molar-refractivity contribution is 0.445. The van der Waals surface area contributed by atoms with Crippen LogP contribution in [0.5, 0.6) is 0 Å². The number of hydrogen-bond donors (Lipinski definition) is 0. The molecule has 5 heteroatoms. The number of rotatable bonds is 7. The SMILES string of the molecule is C=C(CN(CCI)S(=O)(=O)c1ccc(C)cc1)C(C)C. The summed E-state index contributed by atoms with van der Waals surface area (Å²) in [5.74, 6) is 0.278. The Morgan fingerprint density at radius 3 is 2.30 bits per heavy atom. The lowest BCUT2D eigenvalue weighted by Gasteiger charge is -2.23. The number of aryl methyl sites for hydroxylation is 1. The van der Waals surface area contributed by atoms with Gasteiger partial charge >= 0.3 is 0 Å². The number of sulfonamides is 1. The summed E-state index contributed by atoms with van der Waals surface area (Å²) in [5.41, 5.74) is 1.99. The molecule has 0 fully saturated rings. The van der Waals surface area contributed by atoms with Crippen molar-refractivity contribution in [3.8, 4) is 0 Å². The maximum absolute atomic E-state index is 12.7. The van der Waals surface area contributed by atoms with Crippen LogP contribution in [-0.2, 0) is 10.0 Å². The highest BCUT2D eigenvalue weighted by Crippen LogP contribution is 2.19. The first-order valence-electron chi connectivity index (χ1n) is 6.59. The van der Waals surface area contributed by atoms with Crippen molar-refractivity contribution in [2.45, 2.75) is 25.7 Å². The lowest BCUT2D eigenvalue weighted by Crippen LogP contribution is -2.35. The highest BCUT2D eigenvalue weighted by Gasteiger charge is 2.24. The van der Waals surface area contributed by atoms with E-state index in [0.717, 1.165) is 15.6 Å². The predicted octanol–water partition coefficient (Wildman–Crippen LogP) is 3.63. The minimum Gasteiger partial charge on any atom is -0.207 e. The number of nitrogens with zero attached hydrogens (tertiary/aromatic N) is 1. The Labute approximate surface area is 136 Å². The average Bonchev–Trinajstić information content (AvgIpc) is 2.38. The molecule has 20 heavy (non-hydrogen) atoms. The predicted molar refractivity (Wildman–Crippen MR) is 92.8 cm³/mol. The normalized spacial score (nSPS) is 12.1. The Balaban J connectivity index is 3.05. The third-order valence-corrected chi connectivity index (χ3v) is 5.53. The van der Waals surface area contributed by atoms with E-state index in [-0.39, 0.29) is 5.92 Å². The summed E-state index contributed by atoms with van der Waals surface area (Å²) < 4.78 is 27.6. The molecule has 0 unspecified atom stereocenters. The van der Waals surface area contributed by atoms with Gasteiger partial charge in [-0.25, -0.2) is 8.42 Å². The smallest absolute Gasteiger partial charge is 0.207 e. The number of alkyl halides is 1. The van der Waals surface area contributed by atoms with E-state index in [1.165, 1.54) is 4.31 Å². The van der Waals surface area contributed by atoms with E-state index < -0.39 is 10.0 Å². The van der Waals surface area contributed by atoms with E-state index in [1.54, 1.807) is 12.1 Å². The summed E-state index contributed by atoms with van der Waals surface area (Å²) in [6.45, 7) is 10.9. The van der Waals surface area contributed by atoms with Gasteiger partial charge in [0.15, 0.2) is 0 Å². The molecule has 0 aliphatic heterocycles. The van der Waals surface area contributed by atoms with Gasteiger partial charge < -0.3 is 0 Å². The second kappa shape index (κ2) is 7.56. The van der Waals surface area contributed by atoms with Gasteiger partial charge in [-0.15, -0.1) is 0 Å². The van der Waals surface area contributed by atoms with Gasteiger partial charge in [0.2, 0.25) is 10.0 Å². The van der Waals surface area contributed by atoms with Crippen LogP contribution in [0.1, 0.15) is 19.4 Å². The monoisotopic (exact) mass is 407 g/mol. The zero-order chi connectivity index (χ0) is 15.3. The topological polar surface area (TPSA) is 37.4 Å². The third kappa shape index (κ3) is 4.56. The minimum atomic E-state index is -3.44. The van der Waals surface area contributed by atoms with Crippen LogP contribution in [0.25, 0.3) is 0 Å². The molecule has 1 aromatic carbocycles. The van der Waals surface area contributed by atoms with Crippen molar-refractivity contribution in [2.24, 2.45) is 5.92 Å². The zero-order valence-corrected chi connectivity index (χ0v) is 15.2. The van der Waals surface area contributed by atoms with E-state index in [2.05, 4.69) is 29.2 Å². The highest BCUT2D eigenvalue weighted by molar-refractivity contribution is 14.1. The third-order valence-electron chi connectivity index (χ3n) is 3.19. The van der Waals surface area contributed by atoms with Crippen LogP contribution in [0.15, 0.2) is 41.3 Å². The van der Waals surface area contributed by atoms with E-state index in [1.807, 2.05) is 32.9 Å². The van der Waals surface area contributed by atoms with E-state index in [0.29, 0.717) is 18.0 Å². The molecule has 0 saturated heterocycles. The first-order valence-corrected chi connectivity index (χ1v) is 9.56. The Bertz CT molecular complexity index is 550. The summed E-state index contributed by atoms with van der Waals surface area (Å²) in [4.78, 5) is 0.351. The summed E-state index contributed by atoms with van der Waals surface area (Å²) in [6.07, 6.45) is 0. The number of benzene rings is 1. The standard InChI is InChI=1S/C15H22INO2S/c1-12(2)14(4)11-17(10-9-16)20(18,19)15-7-5-13(3)6-8-15/h5-8,12H,4,9-11H2,1-3H3. The Hall–Kier alpha value is -0.400. The average molecular weight is 407 g/mol. The first kappa shape index (κ1) is 17.7. The van der Waals surface area contributed by atoms with Crippen LogP contribution < -0.4 is 0 Å². The summed E-state index contributed by atoms with van der Waals surface area (Å²) in [6, 6.07) is 6.99. The van der Waals surface area contributed by atoms with Crippen molar-refractivity contribution in [2.75, 3.05) is 17.5 Å². The largest absolute Gasteiger partial charge is 0.243 e. The highest BCUT2D eigenvalue weighted by atomic mass is 127. The van der Waals surface area contributed by atoms with Crippen molar-refractivity contribution in [1.29, 1.82) is 0 Å².